The molecule has 7 nitrogen and oxygen atoms in total. The number of halogens is 7. The van der Waals surface area contributed by atoms with Crippen LogP contribution in [-0.2, 0) is 25.1 Å². The van der Waals surface area contributed by atoms with E-state index in [0.29, 0.717) is 5.75 Å². The molecular weight excluding hydrogens is 612 g/mol. The van der Waals surface area contributed by atoms with E-state index in [1.165, 1.54) is 45.2 Å². The van der Waals surface area contributed by atoms with Crippen molar-refractivity contribution in [2.75, 3.05) is 13.7 Å². The second-order valence-electron chi connectivity index (χ2n) is 9.81. The van der Waals surface area contributed by atoms with Crippen LogP contribution in [0.3, 0.4) is 0 Å². The van der Waals surface area contributed by atoms with E-state index in [1.807, 2.05) is 0 Å². The fourth-order valence-corrected chi connectivity index (χ4v) is 4.32. The Morgan fingerprint density at radius 1 is 0.929 bits per heavy atom. The molecule has 1 amide bonds. The predicted octanol–water partition coefficient (Wildman–Crippen LogP) is 5.88. The summed E-state index contributed by atoms with van der Waals surface area (Å²) in [5.41, 5.74) is -0.736. The molecule has 0 spiro atoms. The lowest BCUT2D eigenvalue weighted by Gasteiger charge is -2.25. The van der Waals surface area contributed by atoms with Gasteiger partial charge in [-0.05, 0) is 35.7 Å². The van der Waals surface area contributed by atoms with Crippen molar-refractivity contribution in [3.05, 3.63) is 63.6 Å². The van der Waals surface area contributed by atoms with Gasteiger partial charge in [-0.15, -0.1) is 0 Å². The van der Waals surface area contributed by atoms with Crippen molar-refractivity contribution < 1.29 is 51.0 Å². The van der Waals surface area contributed by atoms with Crippen LogP contribution in [0.5, 0.6) is 5.75 Å². The van der Waals surface area contributed by atoms with Gasteiger partial charge in [0.15, 0.2) is 5.78 Å². The SMILES string of the molecule is COc1ccc([C@H](NC(=O)[C@H](CO)CC(=O)C(F)(F)c2ccc(Cl)c(Cl)c2)C(=O)C[C@H](C(=O)C(F)(F)F)C(C)C)cc1. The molecule has 2 N–H and O–H groups in total. The molecule has 3 atom stereocenters. The standard InChI is InChI=1S/C28H28Cl2F5NO6/c1-14(2)19(25(40)28(33,34)35)12-22(38)24(15-4-7-18(42-3)8-5-15)36-26(41)16(13-37)10-23(39)27(31,32)17-6-9-20(29)21(30)11-17/h4-9,11,14,16,19,24,37H,10,12-13H2,1-3H3,(H,36,41)/t16-,19-,24-/m0/s1. The van der Waals surface area contributed by atoms with Crippen molar-refractivity contribution in [3.63, 3.8) is 0 Å². The van der Waals surface area contributed by atoms with Gasteiger partial charge in [-0.25, -0.2) is 0 Å². The number of Topliss-reactive ketones (excluding diaryl/α,β-unsaturated/α-hetero) is 3. The molecule has 0 unspecified atom stereocenters. The molecule has 230 valence electrons. The summed E-state index contributed by atoms with van der Waals surface area (Å²) in [5, 5.41) is 11.7. The summed E-state index contributed by atoms with van der Waals surface area (Å²) in [6, 6.07) is 6.50. The summed E-state index contributed by atoms with van der Waals surface area (Å²) in [7, 11) is 1.35. The zero-order valence-electron chi connectivity index (χ0n) is 22.6. The highest BCUT2D eigenvalue weighted by Gasteiger charge is 2.46. The number of amides is 1. The monoisotopic (exact) mass is 639 g/mol. The van der Waals surface area contributed by atoms with Crippen molar-refractivity contribution in [1.29, 1.82) is 0 Å². The predicted molar refractivity (Wildman–Crippen MR) is 143 cm³/mol. The fraction of sp³-hybridized carbons (Fsp3) is 0.429. The van der Waals surface area contributed by atoms with Crippen LogP contribution in [0.4, 0.5) is 22.0 Å². The summed E-state index contributed by atoms with van der Waals surface area (Å²) in [6.07, 6.45) is -7.29. The highest BCUT2D eigenvalue weighted by molar-refractivity contribution is 6.42. The van der Waals surface area contributed by atoms with Crippen molar-refractivity contribution in [2.45, 2.75) is 44.8 Å². The minimum absolute atomic E-state index is 0.0397. The maximum Gasteiger partial charge on any atom is 0.450 e. The van der Waals surface area contributed by atoms with Gasteiger partial charge in [0, 0.05) is 24.3 Å². The minimum Gasteiger partial charge on any atom is -0.497 e. The van der Waals surface area contributed by atoms with Crippen LogP contribution in [0.15, 0.2) is 42.5 Å². The molecule has 0 aliphatic rings. The zero-order chi connectivity index (χ0) is 32.0. The first-order valence-electron chi connectivity index (χ1n) is 12.5. The molecule has 0 aromatic heterocycles. The van der Waals surface area contributed by atoms with E-state index in [2.05, 4.69) is 5.32 Å². The van der Waals surface area contributed by atoms with Gasteiger partial charge in [-0.1, -0.05) is 55.2 Å². The normalized spacial score (nSPS) is 14.2. The van der Waals surface area contributed by atoms with E-state index in [0.717, 1.165) is 18.2 Å². The maximum atomic E-state index is 14.9. The molecule has 0 bridgehead atoms. The van der Waals surface area contributed by atoms with Crippen molar-refractivity contribution in [2.24, 2.45) is 17.8 Å². The van der Waals surface area contributed by atoms with Crippen LogP contribution in [-0.4, -0.2) is 48.3 Å². The lowest BCUT2D eigenvalue weighted by atomic mass is 9.84. The number of alkyl halides is 5. The van der Waals surface area contributed by atoms with Crippen LogP contribution >= 0.6 is 23.2 Å². The highest BCUT2D eigenvalue weighted by atomic mass is 35.5. The first kappa shape index (κ1) is 35.1. The molecule has 2 aromatic carbocycles. The van der Waals surface area contributed by atoms with Crippen LogP contribution in [0.1, 0.15) is 43.9 Å². The number of benzene rings is 2. The average Bonchev–Trinajstić information content (AvgIpc) is 2.93. The topological polar surface area (TPSA) is 110 Å². The van der Waals surface area contributed by atoms with Crippen LogP contribution in [0.2, 0.25) is 10.0 Å². The first-order chi connectivity index (χ1) is 19.4. The number of ketones is 3. The van der Waals surface area contributed by atoms with Gasteiger partial charge in [0.25, 0.3) is 0 Å². The number of hydrogen-bond donors (Lipinski definition) is 2. The van der Waals surface area contributed by atoms with Gasteiger partial charge in [0.1, 0.15) is 11.8 Å². The Labute approximate surface area is 248 Å². The largest absolute Gasteiger partial charge is 0.497 e. The van der Waals surface area contributed by atoms with Gasteiger partial charge in [0.2, 0.25) is 17.5 Å². The average molecular weight is 640 g/mol. The van der Waals surface area contributed by atoms with E-state index in [9.17, 15) is 46.2 Å². The van der Waals surface area contributed by atoms with Gasteiger partial charge >= 0.3 is 12.1 Å². The van der Waals surface area contributed by atoms with E-state index in [4.69, 9.17) is 27.9 Å². The smallest absolute Gasteiger partial charge is 0.450 e. The summed E-state index contributed by atoms with van der Waals surface area (Å²) in [4.78, 5) is 50.9. The second kappa shape index (κ2) is 14.4. The number of methoxy groups -OCH3 is 1. The molecule has 0 aliphatic heterocycles. The number of ether oxygens (including phenoxy) is 1. The number of carbonyl (C=O) groups excluding carboxylic acids is 4. The molecule has 0 saturated heterocycles. The Hall–Kier alpha value is -3.09. The van der Waals surface area contributed by atoms with Crippen LogP contribution in [0.25, 0.3) is 0 Å². The van der Waals surface area contributed by atoms with Crippen molar-refractivity contribution >= 4 is 46.5 Å². The lowest BCUT2D eigenvalue weighted by molar-refractivity contribution is -0.177. The Bertz CT molecular complexity index is 1300. The van der Waals surface area contributed by atoms with E-state index < -0.39 is 84.2 Å². The van der Waals surface area contributed by atoms with Gasteiger partial charge in [-0.3, -0.25) is 19.2 Å². The van der Waals surface area contributed by atoms with Crippen molar-refractivity contribution in [3.8, 4) is 5.75 Å². The molecule has 0 heterocycles. The number of carbonyl (C=O) groups is 4. The van der Waals surface area contributed by atoms with E-state index in [-0.39, 0.29) is 15.6 Å². The second-order valence-corrected chi connectivity index (χ2v) is 10.6. The molecular formula is C28H28Cl2F5NO6. The molecule has 2 aromatic rings. The fourth-order valence-electron chi connectivity index (χ4n) is 4.03. The van der Waals surface area contributed by atoms with Crippen LogP contribution in [0, 0.1) is 17.8 Å². The molecule has 0 saturated carbocycles. The summed E-state index contributed by atoms with van der Waals surface area (Å²) < 4.78 is 74.4. The maximum absolute atomic E-state index is 14.9. The number of aliphatic hydroxyl groups excluding tert-OH is 1. The van der Waals surface area contributed by atoms with Gasteiger partial charge in [0.05, 0.1) is 29.7 Å². The molecule has 42 heavy (non-hydrogen) atoms. The molecule has 14 heteroatoms. The van der Waals surface area contributed by atoms with Gasteiger partial charge in [-0.2, -0.15) is 22.0 Å². The van der Waals surface area contributed by atoms with E-state index in [1.54, 1.807) is 0 Å². The third-order valence-electron chi connectivity index (χ3n) is 6.56. The van der Waals surface area contributed by atoms with E-state index >= 15 is 0 Å². The summed E-state index contributed by atoms with van der Waals surface area (Å²) >= 11 is 11.5. The zero-order valence-corrected chi connectivity index (χ0v) is 24.1. The number of aliphatic hydroxyl groups is 1. The Morgan fingerprint density at radius 2 is 1.52 bits per heavy atom. The van der Waals surface area contributed by atoms with Crippen molar-refractivity contribution in [1.82, 2.24) is 5.32 Å². The quantitative estimate of drug-likeness (QED) is 0.250. The third-order valence-corrected chi connectivity index (χ3v) is 7.29. The van der Waals surface area contributed by atoms with Gasteiger partial charge < -0.3 is 15.2 Å². The lowest BCUT2D eigenvalue weighted by Crippen LogP contribution is -2.42. The Kier molecular flexibility index (Phi) is 12.0. The molecule has 0 fully saturated rings. The molecule has 0 radical (unpaired) electrons. The first-order valence-corrected chi connectivity index (χ1v) is 13.2. The summed E-state index contributed by atoms with van der Waals surface area (Å²) in [6.45, 7) is 1.56. The minimum atomic E-state index is -5.21. The third kappa shape index (κ3) is 8.71. The molecule has 2 rings (SSSR count). The number of nitrogens with one attached hydrogen (secondary N) is 1. The summed E-state index contributed by atoms with van der Waals surface area (Å²) in [5.74, 6) is -14.3. The molecule has 0 aliphatic carbocycles. The highest BCUT2D eigenvalue weighted by Crippen LogP contribution is 2.35. The number of rotatable bonds is 14. The Morgan fingerprint density at radius 3 is 2.00 bits per heavy atom. The van der Waals surface area contributed by atoms with Crippen LogP contribution < -0.4 is 10.1 Å². The number of hydrogen-bond acceptors (Lipinski definition) is 6. The Balaban J connectivity index is 2.35.